The summed E-state index contributed by atoms with van der Waals surface area (Å²) >= 11 is 0. The van der Waals surface area contributed by atoms with Gasteiger partial charge in [0.15, 0.2) is 0 Å². The number of hydrogen-bond donors (Lipinski definition) is 3. The number of fused-ring (bicyclic) bond motifs is 1. The molecule has 13 heteroatoms. The van der Waals surface area contributed by atoms with Crippen LogP contribution in [0.25, 0.3) is 22.0 Å². The number of ether oxygens (including phenoxy) is 1. The highest BCUT2D eigenvalue weighted by atomic mass is 19.1. The Hall–Kier alpha value is -4.78. The molecule has 3 saturated heterocycles. The topological polar surface area (TPSA) is 125 Å². The van der Waals surface area contributed by atoms with E-state index in [1.165, 1.54) is 16.7 Å². The predicted octanol–water partition coefficient (Wildman–Crippen LogP) is 4.56. The zero-order chi connectivity index (χ0) is 34.2. The summed E-state index contributed by atoms with van der Waals surface area (Å²) < 4.78 is 38.0. The molecule has 0 bridgehead atoms. The highest BCUT2D eigenvalue weighted by Gasteiger charge is 2.31. The molecule has 3 N–H and O–H groups in total. The third kappa shape index (κ3) is 6.63. The maximum Gasteiger partial charge on any atom is 0.276 e. The Morgan fingerprint density at radius 3 is 2.39 bits per heavy atom. The van der Waals surface area contributed by atoms with Gasteiger partial charge in [-0.25, -0.2) is 8.78 Å². The van der Waals surface area contributed by atoms with E-state index in [1.54, 1.807) is 38.7 Å². The van der Waals surface area contributed by atoms with Gasteiger partial charge in [-0.1, -0.05) is 0 Å². The monoisotopic (exact) mass is 673 g/mol. The highest BCUT2D eigenvalue weighted by molar-refractivity contribution is 6.01. The van der Waals surface area contributed by atoms with Crippen molar-refractivity contribution in [2.75, 3.05) is 43.5 Å². The SMILES string of the molecule is COc1cc(-c2cn(C)c(=O)c3[nH]ncc23)cc(F)c1CN1CCC(C2CCN(c3ccc(NC4CCC(=O)NC4=O)cc3F)CC2)CC1. The predicted molar refractivity (Wildman–Crippen MR) is 182 cm³/mol. The molecule has 5 heterocycles. The molecule has 3 aliphatic rings. The van der Waals surface area contributed by atoms with Crippen LogP contribution in [0, 0.1) is 23.5 Å². The van der Waals surface area contributed by atoms with E-state index in [2.05, 4.69) is 30.6 Å². The number of piperidine rings is 3. The lowest BCUT2D eigenvalue weighted by Crippen LogP contribution is -2.47. The number of likely N-dealkylation sites (tertiary alicyclic amines) is 1. The summed E-state index contributed by atoms with van der Waals surface area (Å²) in [7, 11) is 3.21. The van der Waals surface area contributed by atoms with Gasteiger partial charge < -0.3 is 19.5 Å². The molecule has 0 spiro atoms. The first-order chi connectivity index (χ1) is 23.7. The zero-order valence-corrected chi connectivity index (χ0v) is 27.7. The van der Waals surface area contributed by atoms with Crippen molar-refractivity contribution in [3.63, 3.8) is 0 Å². The van der Waals surface area contributed by atoms with E-state index in [9.17, 15) is 14.4 Å². The number of H-pyrrole nitrogens is 1. The van der Waals surface area contributed by atoms with Crippen LogP contribution in [0.3, 0.4) is 0 Å². The number of benzene rings is 2. The van der Waals surface area contributed by atoms with Crippen molar-refractivity contribution in [2.24, 2.45) is 18.9 Å². The molecule has 2 amide bonds. The molecule has 2 aromatic carbocycles. The number of carbonyl (C=O) groups is 2. The quantitative estimate of drug-likeness (QED) is 0.233. The van der Waals surface area contributed by atoms with Crippen molar-refractivity contribution in [3.8, 4) is 16.9 Å². The fraction of sp³-hybridized carbons (Fsp3) is 0.444. The largest absolute Gasteiger partial charge is 0.496 e. The fourth-order valence-electron chi connectivity index (χ4n) is 7.79. The average Bonchev–Trinajstić information content (AvgIpc) is 3.60. The number of aromatic amines is 1. The van der Waals surface area contributed by atoms with Crippen molar-refractivity contribution >= 4 is 34.1 Å². The van der Waals surface area contributed by atoms with Gasteiger partial charge in [0.2, 0.25) is 11.8 Å². The van der Waals surface area contributed by atoms with Crippen LogP contribution >= 0.6 is 0 Å². The molecular formula is C36H41F2N7O4. The number of pyridine rings is 1. The Labute approximate surface area is 282 Å². The molecular weight excluding hydrogens is 632 g/mol. The first kappa shape index (κ1) is 32.8. The van der Waals surface area contributed by atoms with Gasteiger partial charge in [-0.3, -0.25) is 29.7 Å². The summed E-state index contributed by atoms with van der Waals surface area (Å²) in [5.41, 5.74) is 3.09. The van der Waals surface area contributed by atoms with Crippen LogP contribution in [-0.4, -0.2) is 70.8 Å². The number of nitrogens with zero attached hydrogens (tertiary/aromatic N) is 4. The molecule has 1 unspecified atom stereocenters. The first-order valence-corrected chi connectivity index (χ1v) is 16.9. The molecule has 0 saturated carbocycles. The zero-order valence-electron chi connectivity index (χ0n) is 27.7. The molecule has 0 aliphatic carbocycles. The normalized spacial score (nSPS) is 19.8. The molecule has 0 radical (unpaired) electrons. The maximum atomic E-state index is 15.7. The summed E-state index contributed by atoms with van der Waals surface area (Å²) in [6.45, 7) is 3.72. The number of hydrogen-bond acceptors (Lipinski definition) is 8. The Morgan fingerprint density at radius 1 is 0.959 bits per heavy atom. The number of anilines is 2. The van der Waals surface area contributed by atoms with Crippen molar-refractivity contribution < 1.29 is 23.1 Å². The molecule has 258 valence electrons. The molecule has 3 fully saturated rings. The molecule has 7 rings (SSSR count). The number of aryl methyl sites for hydroxylation is 1. The summed E-state index contributed by atoms with van der Waals surface area (Å²) in [4.78, 5) is 40.4. The number of halogens is 2. The first-order valence-electron chi connectivity index (χ1n) is 16.9. The fourth-order valence-corrected chi connectivity index (χ4v) is 7.79. The summed E-state index contributed by atoms with van der Waals surface area (Å²) in [5.74, 6) is 0.258. The smallest absolute Gasteiger partial charge is 0.276 e. The van der Waals surface area contributed by atoms with Gasteiger partial charge in [-0.05, 0) is 92.9 Å². The van der Waals surface area contributed by atoms with Gasteiger partial charge in [0.25, 0.3) is 5.56 Å². The van der Waals surface area contributed by atoms with Crippen LogP contribution in [0.5, 0.6) is 5.75 Å². The number of amides is 2. The summed E-state index contributed by atoms with van der Waals surface area (Å²) in [5, 5.41) is 12.8. The van der Waals surface area contributed by atoms with Crippen LogP contribution in [0.1, 0.15) is 44.1 Å². The Bertz CT molecular complexity index is 1940. The number of aromatic nitrogens is 3. The molecule has 49 heavy (non-hydrogen) atoms. The third-order valence-electron chi connectivity index (χ3n) is 10.6. The van der Waals surface area contributed by atoms with E-state index in [0.717, 1.165) is 51.9 Å². The summed E-state index contributed by atoms with van der Waals surface area (Å²) in [6, 6.07) is 7.77. The second kappa shape index (κ2) is 13.6. The average molecular weight is 674 g/mol. The van der Waals surface area contributed by atoms with Crippen molar-refractivity contribution in [3.05, 3.63) is 70.3 Å². The molecule has 3 aliphatic heterocycles. The van der Waals surface area contributed by atoms with Gasteiger partial charge in [-0.15, -0.1) is 0 Å². The maximum absolute atomic E-state index is 15.7. The van der Waals surface area contributed by atoms with E-state index >= 15 is 8.78 Å². The van der Waals surface area contributed by atoms with E-state index in [1.807, 2.05) is 6.07 Å². The van der Waals surface area contributed by atoms with E-state index < -0.39 is 6.04 Å². The standard InChI is InChI=1S/C36H41F2N7O4/c1-43-19-26(25-18-39-42-34(25)36(43)48)23-15-28(37)27(32(16-23)49-2)20-44-11-7-21(8-12-44)22-9-13-45(14-10-22)31-5-3-24(17-29(31)38)40-30-4-6-33(46)41-35(30)47/h3,5,15-19,21-22,30,40H,4,6-14,20H2,1-2H3,(H,39,42)(H,41,46,47). The van der Waals surface area contributed by atoms with Crippen LogP contribution < -0.4 is 25.8 Å². The van der Waals surface area contributed by atoms with Crippen molar-refractivity contribution in [1.82, 2.24) is 25.0 Å². The van der Waals surface area contributed by atoms with Gasteiger partial charge in [0.1, 0.15) is 28.9 Å². The Morgan fingerprint density at radius 2 is 1.69 bits per heavy atom. The number of methoxy groups -OCH3 is 1. The minimum absolute atomic E-state index is 0.198. The number of nitrogens with one attached hydrogen (secondary N) is 3. The van der Waals surface area contributed by atoms with E-state index in [-0.39, 0.29) is 35.4 Å². The number of imide groups is 1. The van der Waals surface area contributed by atoms with Gasteiger partial charge in [0.05, 0.1) is 19.0 Å². The Kier molecular flexibility index (Phi) is 9.10. The molecule has 1 atom stereocenters. The van der Waals surface area contributed by atoms with Gasteiger partial charge in [0, 0.05) is 61.5 Å². The highest BCUT2D eigenvalue weighted by Crippen LogP contribution is 2.37. The lowest BCUT2D eigenvalue weighted by Gasteiger charge is -2.41. The lowest BCUT2D eigenvalue weighted by molar-refractivity contribution is -0.133. The lowest BCUT2D eigenvalue weighted by atomic mass is 9.78. The second-order valence-electron chi connectivity index (χ2n) is 13.5. The van der Waals surface area contributed by atoms with Gasteiger partial charge >= 0.3 is 0 Å². The molecule has 2 aromatic heterocycles. The minimum atomic E-state index is -0.556. The molecule has 4 aromatic rings. The van der Waals surface area contributed by atoms with Crippen LogP contribution in [-0.2, 0) is 23.2 Å². The van der Waals surface area contributed by atoms with Crippen molar-refractivity contribution in [1.29, 1.82) is 0 Å². The molecule has 11 nitrogen and oxygen atoms in total. The summed E-state index contributed by atoms with van der Waals surface area (Å²) in [6.07, 6.45) is 7.94. The Balaban J connectivity index is 0.934. The number of carbonyl (C=O) groups excluding carboxylic acids is 2. The van der Waals surface area contributed by atoms with Gasteiger partial charge in [-0.2, -0.15) is 5.10 Å². The second-order valence-corrected chi connectivity index (χ2v) is 13.5. The van der Waals surface area contributed by atoms with E-state index in [4.69, 9.17) is 4.74 Å². The van der Waals surface area contributed by atoms with E-state index in [0.29, 0.717) is 69.5 Å². The minimum Gasteiger partial charge on any atom is -0.496 e. The van der Waals surface area contributed by atoms with Crippen LogP contribution in [0.4, 0.5) is 20.2 Å². The van der Waals surface area contributed by atoms with Crippen molar-refractivity contribution in [2.45, 2.75) is 51.1 Å². The number of rotatable bonds is 8. The van der Waals surface area contributed by atoms with Crippen LogP contribution in [0.15, 0.2) is 47.5 Å². The third-order valence-corrected chi connectivity index (χ3v) is 10.6. The van der Waals surface area contributed by atoms with Crippen LogP contribution in [0.2, 0.25) is 0 Å².